The van der Waals surface area contributed by atoms with Crippen LogP contribution in [0, 0.1) is 11.3 Å². The van der Waals surface area contributed by atoms with Crippen molar-refractivity contribution in [2.75, 3.05) is 6.26 Å². The van der Waals surface area contributed by atoms with E-state index in [4.69, 9.17) is 5.26 Å². The Morgan fingerprint density at radius 1 is 1.75 bits per heavy atom. The largest absolute Gasteiger partial charge is 0.198 e. The van der Waals surface area contributed by atoms with Crippen molar-refractivity contribution in [2.45, 2.75) is 12.8 Å². The quantitative estimate of drug-likeness (QED) is 0.542. The van der Waals surface area contributed by atoms with Crippen LogP contribution >= 0.6 is 11.8 Å². The van der Waals surface area contributed by atoms with Gasteiger partial charge in [0.25, 0.3) is 0 Å². The zero-order valence-electron chi connectivity index (χ0n) is 4.92. The first-order chi connectivity index (χ1) is 3.91. The first kappa shape index (κ1) is 7.58. The van der Waals surface area contributed by atoms with E-state index in [1.807, 2.05) is 17.7 Å². The predicted molar refractivity (Wildman–Crippen MR) is 37.5 cm³/mol. The van der Waals surface area contributed by atoms with E-state index in [1.165, 1.54) is 0 Å². The molecule has 0 spiro atoms. The van der Waals surface area contributed by atoms with Gasteiger partial charge in [-0.2, -0.15) is 5.26 Å². The maximum absolute atomic E-state index is 8.07. The molecule has 0 aromatic heterocycles. The second-order valence-electron chi connectivity index (χ2n) is 1.30. The Hall–Kier alpha value is -0.420. The molecule has 0 aliphatic heterocycles. The Kier molecular flexibility index (Phi) is 6.23. The van der Waals surface area contributed by atoms with E-state index in [9.17, 15) is 0 Å². The molecule has 0 unspecified atom stereocenters. The molecule has 0 aromatic rings. The van der Waals surface area contributed by atoms with Gasteiger partial charge >= 0.3 is 0 Å². The minimum atomic E-state index is 0.636. The van der Waals surface area contributed by atoms with Gasteiger partial charge in [0.05, 0.1) is 6.07 Å². The first-order valence-corrected chi connectivity index (χ1v) is 3.75. The van der Waals surface area contributed by atoms with E-state index in [2.05, 4.69) is 6.07 Å². The average molecular weight is 127 g/mol. The summed E-state index contributed by atoms with van der Waals surface area (Å²) in [4.78, 5) is 0. The van der Waals surface area contributed by atoms with E-state index in [1.54, 1.807) is 11.8 Å². The van der Waals surface area contributed by atoms with Gasteiger partial charge in [-0.1, -0.05) is 6.08 Å². The summed E-state index contributed by atoms with van der Waals surface area (Å²) >= 11 is 1.66. The number of nitriles is 1. The molecule has 1 nitrogen and oxygen atoms in total. The van der Waals surface area contributed by atoms with Gasteiger partial charge in [0.1, 0.15) is 0 Å². The van der Waals surface area contributed by atoms with Crippen LogP contribution in [0.1, 0.15) is 12.8 Å². The molecule has 44 valence electrons. The minimum absolute atomic E-state index is 0.636. The van der Waals surface area contributed by atoms with Crippen molar-refractivity contribution < 1.29 is 0 Å². The van der Waals surface area contributed by atoms with Crippen LogP contribution in [0.25, 0.3) is 0 Å². The van der Waals surface area contributed by atoms with E-state index in [0.29, 0.717) is 6.42 Å². The molecule has 0 rings (SSSR count). The third kappa shape index (κ3) is 5.58. The molecule has 0 aliphatic carbocycles. The fraction of sp³-hybridized carbons (Fsp3) is 0.500. The SMILES string of the molecule is CS/C=C/CCC#N. The average Bonchev–Trinajstić information content (AvgIpc) is 1.81. The van der Waals surface area contributed by atoms with Crippen molar-refractivity contribution in [3.63, 3.8) is 0 Å². The van der Waals surface area contributed by atoms with E-state index in [0.717, 1.165) is 6.42 Å². The molecule has 0 amide bonds. The topological polar surface area (TPSA) is 23.8 Å². The summed E-state index contributed by atoms with van der Waals surface area (Å²) in [5.41, 5.74) is 0. The molecular formula is C6H9NS. The summed E-state index contributed by atoms with van der Waals surface area (Å²) in [7, 11) is 0. The minimum Gasteiger partial charge on any atom is -0.198 e. The molecule has 0 bridgehead atoms. The van der Waals surface area contributed by atoms with E-state index >= 15 is 0 Å². The van der Waals surface area contributed by atoms with Crippen LogP contribution in [0.15, 0.2) is 11.5 Å². The third-order valence-electron chi connectivity index (χ3n) is 0.655. The Bertz CT molecular complexity index is 102. The summed E-state index contributed by atoms with van der Waals surface area (Å²) < 4.78 is 0. The highest BCUT2D eigenvalue weighted by Crippen LogP contribution is 1.96. The number of hydrogen-bond acceptors (Lipinski definition) is 2. The maximum Gasteiger partial charge on any atom is 0.0625 e. The fourth-order valence-electron chi connectivity index (χ4n) is 0.312. The second-order valence-corrected chi connectivity index (χ2v) is 2.05. The standard InChI is InChI=1S/C6H9NS/c1-8-6-4-2-3-5-7/h4,6H,2-3H2,1H3/b6-4+. The molecule has 0 saturated heterocycles. The van der Waals surface area contributed by atoms with Crippen LogP contribution in [-0.2, 0) is 0 Å². The molecular weight excluding hydrogens is 118 g/mol. The normalized spacial score (nSPS) is 9.50. The number of rotatable bonds is 3. The van der Waals surface area contributed by atoms with Gasteiger partial charge in [-0.05, 0) is 18.1 Å². The summed E-state index contributed by atoms with van der Waals surface area (Å²) in [6.45, 7) is 0. The Morgan fingerprint density at radius 2 is 2.50 bits per heavy atom. The van der Waals surface area contributed by atoms with Gasteiger partial charge < -0.3 is 0 Å². The molecule has 0 heterocycles. The molecule has 0 atom stereocenters. The van der Waals surface area contributed by atoms with Gasteiger partial charge in [0, 0.05) is 6.42 Å². The summed E-state index contributed by atoms with van der Waals surface area (Å²) in [6, 6.07) is 2.07. The lowest BCUT2D eigenvalue weighted by atomic mass is 10.3. The first-order valence-electron chi connectivity index (χ1n) is 2.46. The molecule has 2 heteroatoms. The molecule has 0 saturated carbocycles. The number of unbranched alkanes of at least 4 members (excludes halogenated alkanes) is 1. The Morgan fingerprint density at radius 3 is 3.00 bits per heavy atom. The van der Waals surface area contributed by atoms with E-state index in [-0.39, 0.29) is 0 Å². The van der Waals surface area contributed by atoms with Crippen molar-refractivity contribution >= 4 is 11.8 Å². The van der Waals surface area contributed by atoms with Crippen molar-refractivity contribution in [3.05, 3.63) is 11.5 Å². The summed E-state index contributed by atoms with van der Waals surface area (Å²) in [5.74, 6) is 0. The molecule has 0 aliphatic rings. The maximum atomic E-state index is 8.07. The fourth-order valence-corrected chi connectivity index (χ4v) is 0.641. The molecule has 0 N–H and O–H groups in total. The molecule has 0 radical (unpaired) electrons. The zero-order valence-corrected chi connectivity index (χ0v) is 5.74. The lowest BCUT2D eigenvalue weighted by Gasteiger charge is -1.78. The number of thioether (sulfide) groups is 1. The monoisotopic (exact) mass is 127 g/mol. The molecule has 8 heavy (non-hydrogen) atoms. The second kappa shape index (κ2) is 6.58. The Labute approximate surface area is 54.4 Å². The van der Waals surface area contributed by atoms with Crippen molar-refractivity contribution in [1.82, 2.24) is 0 Å². The van der Waals surface area contributed by atoms with Crippen molar-refractivity contribution in [1.29, 1.82) is 5.26 Å². The van der Waals surface area contributed by atoms with Crippen molar-refractivity contribution in [3.8, 4) is 6.07 Å². The Balaban J connectivity index is 2.94. The molecule has 0 fully saturated rings. The number of nitrogens with zero attached hydrogens (tertiary/aromatic N) is 1. The van der Waals surface area contributed by atoms with Crippen LogP contribution in [0.2, 0.25) is 0 Å². The van der Waals surface area contributed by atoms with Crippen LogP contribution in [0.4, 0.5) is 0 Å². The van der Waals surface area contributed by atoms with Crippen LogP contribution in [0.5, 0.6) is 0 Å². The highest BCUT2D eigenvalue weighted by Gasteiger charge is 1.73. The van der Waals surface area contributed by atoms with Gasteiger partial charge in [0.2, 0.25) is 0 Å². The van der Waals surface area contributed by atoms with Gasteiger partial charge in [0.15, 0.2) is 0 Å². The highest BCUT2D eigenvalue weighted by atomic mass is 32.2. The van der Waals surface area contributed by atoms with Gasteiger partial charge in [-0.25, -0.2) is 0 Å². The smallest absolute Gasteiger partial charge is 0.0625 e. The highest BCUT2D eigenvalue weighted by molar-refractivity contribution is 8.01. The van der Waals surface area contributed by atoms with Gasteiger partial charge in [-0.3, -0.25) is 0 Å². The predicted octanol–water partition coefficient (Wildman–Crippen LogP) is 2.17. The summed E-state index contributed by atoms with van der Waals surface area (Å²) in [5, 5.41) is 10.1. The lowest BCUT2D eigenvalue weighted by Crippen LogP contribution is -1.60. The van der Waals surface area contributed by atoms with Crippen LogP contribution in [0.3, 0.4) is 0 Å². The van der Waals surface area contributed by atoms with Gasteiger partial charge in [-0.15, -0.1) is 11.8 Å². The summed E-state index contributed by atoms with van der Waals surface area (Å²) in [6.07, 6.45) is 5.53. The number of allylic oxidation sites excluding steroid dienone is 1. The van der Waals surface area contributed by atoms with E-state index < -0.39 is 0 Å². The zero-order chi connectivity index (χ0) is 6.24. The van der Waals surface area contributed by atoms with Crippen LogP contribution in [-0.4, -0.2) is 6.26 Å². The third-order valence-corrected chi connectivity index (χ3v) is 1.12. The van der Waals surface area contributed by atoms with Crippen LogP contribution < -0.4 is 0 Å². The number of hydrogen-bond donors (Lipinski definition) is 0. The van der Waals surface area contributed by atoms with Crippen molar-refractivity contribution in [2.24, 2.45) is 0 Å². The molecule has 0 aromatic carbocycles. The lowest BCUT2D eigenvalue weighted by molar-refractivity contribution is 1.06.